The minimum Gasteiger partial charge on any atom is -0.496 e. The molecule has 2 N–H and O–H groups in total. The summed E-state index contributed by atoms with van der Waals surface area (Å²) in [6.07, 6.45) is 1.77. The number of para-hydroxylation sites is 1. The second-order valence-electron chi connectivity index (χ2n) is 6.61. The van der Waals surface area contributed by atoms with Crippen LogP contribution in [0.25, 0.3) is 0 Å². The summed E-state index contributed by atoms with van der Waals surface area (Å²) in [4.78, 5) is 8.94. The van der Waals surface area contributed by atoms with Gasteiger partial charge in [0.15, 0.2) is 5.96 Å². The first kappa shape index (κ1) is 24.5. The van der Waals surface area contributed by atoms with E-state index in [-0.39, 0.29) is 24.0 Å². The molecule has 2 aromatic carbocycles. The van der Waals surface area contributed by atoms with Crippen LogP contribution in [0, 0.1) is 0 Å². The number of nitrogens with one attached hydrogen (secondary N) is 2. The van der Waals surface area contributed by atoms with Crippen molar-refractivity contribution < 1.29 is 9.47 Å². The smallest absolute Gasteiger partial charge is 0.191 e. The summed E-state index contributed by atoms with van der Waals surface area (Å²) < 4.78 is 11.2. The van der Waals surface area contributed by atoms with E-state index < -0.39 is 0 Å². The topological polar surface area (TPSA) is 67.8 Å². The Balaban J connectivity index is 0.00000341. The molecule has 3 rings (SSSR count). The van der Waals surface area contributed by atoms with E-state index >= 15 is 0 Å². The van der Waals surface area contributed by atoms with Gasteiger partial charge >= 0.3 is 0 Å². The van der Waals surface area contributed by atoms with Gasteiger partial charge in [-0.1, -0.05) is 36.4 Å². The van der Waals surface area contributed by atoms with Gasteiger partial charge in [0.1, 0.15) is 18.1 Å². The van der Waals surface area contributed by atoms with Gasteiger partial charge in [-0.15, -0.1) is 24.0 Å². The van der Waals surface area contributed by atoms with Crippen molar-refractivity contribution in [3.63, 3.8) is 0 Å². The van der Waals surface area contributed by atoms with Crippen LogP contribution in [0.3, 0.4) is 0 Å². The van der Waals surface area contributed by atoms with Gasteiger partial charge < -0.3 is 20.1 Å². The van der Waals surface area contributed by atoms with Crippen LogP contribution in [0.5, 0.6) is 11.5 Å². The van der Waals surface area contributed by atoms with Crippen LogP contribution in [0.1, 0.15) is 23.7 Å². The molecule has 0 atom stereocenters. The molecule has 0 radical (unpaired) electrons. The Labute approximate surface area is 201 Å². The molecule has 0 aliphatic carbocycles. The van der Waals surface area contributed by atoms with Crippen LogP contribution in [0.2, 0.25) is 0 Å². The van der Waals surface area contributed by atoms with Gasteiger partial charge in [0.05, 0.1) is 19.3 Å². The van der Waals surface area contributed by atoms with E-state index in [2.05, 4.69) is 20.6 Å². The predicted molar refractivity (Wildman–Crippen MR) is 135 cm³/mol. The molecule has 0 unspecified atom stereocenters. The zero-order valence-electron chi connectivity index (χ0n) is 17.9. The third-order valence-corrected chi connectivity index (χ3v) is 4.44. The Kier molecular flexibility index (Phi) is 10.6. The number of hydrogen-bond acceptors (Lipinski definition) is 4. The fraction of sp³-hybridized carbons (Fsp3) is 0.250. The lowest BCUT2D eigenvalue weighted by atomic mass is 10.2. The van der Waals surface area contributed by atoms with Gasteiger partial charge in [-0.2, -0.15) is 0 Å². The van der Waals surface area contributed by atoms with Crippen LogP contribution in [-0.4, -0.2) is 24.6 Å². The van der Waals surface area contributed by atoms with E-state index in [1.54, 1.807) is 13.3 Å². The number of guanidine groups is 1. The molecule has 1 aromatic heterocycles. The summed E-state index contributed by atoms with van der Waals surface area (Å²) in [5.74, 6) is 2.44. The van der Waals surface area contributed by atoms with Gasteiger partial charge in [0, 0.05) is 24.8 Å². The molecule has 0 fully saturated rings. The standard InChI is InChI=1S/C24H28N4O2.HI/c1-3-25-24(28-17-20-8-4-5-10-23(20)29-2)27-16-19-11-13-22(14-12-19)30-18-21-9-6-7-15-26-21;/h4-15H,3,16-18H2,1-2H3,(H2,25,27,28);1H. The Morgan fingerprint density at radius 3 is 2.45 bits per heavy atom. The SMILES string of the molecule is CCNC(=NCc1ccc(OCc2ccccn2)cc1)NCc1ccccc1OC.I. The van der Waals surface area contributed by atoms with Crippen molar-refractivity contribution in [2.24, 2.45) is 4.99 Å². The van der Waals surface area contributed by atoms with Crippen molar-refractivity contribution in [3.05, 3.63) is 89.7 Å². The number of methoxy groups -OCH3 is 1. The van der Waals surface area contributed by atoms with Crippen molar-refractivity contribution in [3.8, 4) is 11.5 Å². The summed E-state index contributed by atoms with van der Waals surface area (Å²) in [5, 5.41) is 6.64. The van der Waals surface area contributed by atoms with Gasteiger partial charge in [-0.3, -0.25) is 4.98 Å². The van der Waals surface area contributed by atoms with Crippen LogP contribution in [0.4, 0.5) is 0 Å². The average Bonchev–Trinajstić information content (AvgIpc) is 2.81. The highest BCUT2D eigenvalue weighted by molar-refractivity contribution is 14.0. The first-order valence-corrected chi connectivity index (χ1v) is 10.0. The molecule has 0 amide bonds. The van der Waals surface area contributed by atoms with Crippen molar-refractivity contribution in [1.82, 2.24) is 15.6 Å². The van der Waals surface area contributed by atoms with E-state index in [1.807, 2.05) is 73.7 Å². The monoisotopic (exact) mass is 532 g/mol. The predicted octanol–water partition coefficient (Wildman–Crippen LogP) is 4.54. The van der Waals surface area contributed by atoms with Gasteiger partial charge in [0.2, 0.25) is 0 Å². The highest BCUT2D eigenvalue weighted by atomic mass is 127. The van der Waals surface area contributed by atoms with E-state index in [4.69, 9.17) is 9.47 Å². The summed E-state index contributed by atoms with van der Waals surface area (Å²) in [6.45, 7) is 4.50. The molecule has 0 spiro atoms. The molecule has 1 heterocycles. The van der Waals surface area contributed by atoms with E-state index in [9.17, 15) is 0 Å². The van der Waals surface area contributed by atoms with Gasteiger partial charge in [0.25, 0.3) is 0 Å². The number of benzene rings is 2. The minimum atomic E-state index is 0. The Morgan fingerprint density at radius 2 is 1.74 bits per heavy atom. The van der Waals surface area contributed by atoms with Crippen LogP contribution in [-0.2, 0) is 19.7 Å². The highest BCUT2D eigenvalue weighted by Crippen LogP contribution is 2.17. The van der Waals surface area contributed by atoms with Crippen LogP contribution >= 0.6 is 24.0 Å². The summed E-state index contributed by atoms with van der Waals surface area (Å²) in [7, 11) is 1.68. The summed E-state index contributed by atoms with van der Waals surface area (Å²) in [5.41, 5.74) is 3.09. The van der Waals surface area contributed by atoms with Crippen molar-refractivity contribution in [2.45, 2.75) is 26.6 Å². The van der Waals surface area contributed by atoms with Crippen molar-refractivity contribution >= 4 is 29.9 Å². The van der Waals surface area contributed by atoms with Crippen molar-refractivity contribution in [2.75, 3.05) is 13.7 Å². The largest absolute Gasteiger partial charge is 0.496 e. The van der Waals surface area contributed by atoms with E-state index in [0.29, 0.717) is 19.7 Å². The summed E-state index contributed by atoms with van der Waals surface area (Å²) in [6, 6.07) is 21.7. The minimum absolute atomic E-state index is 0. The number of ether oxygens (including phenoxy) is 2. The van der Waals surface area contributed by atoms with E-state index in [0.717, 1.165) is 40.8 Å². The second-order valence-corrected chi connectivity index (χ2v) is 6.61. The number of nitrogens with zero attached hydrogens (tertiary/aromatic N) is 2. The van der Waals surface area contributed by atoms with Crippen LogP contribution in [0.15, 0.2) is 77.9 Å². The lowest BCUT2D eigenvalue weighted by Gasteiger charge is -2.13. The number of aromatic nitrogens is 1. The number of pyridine rings is 1. The Morgan fingerprint density at radius 1 is 0.968 bits per heavy atom. The Hall–Kier alpha value is -2.81. The number of halogens is 1. The maximum atomic E-state index is 5.79. The molecule has 0 bridgehead atoms. The number of hydrogen-bond donors (Lipinski definition) is 2. The van der Waals surface area contributed by atoms with Crippen molar-refractivity contribution in [1.29, 1.82) is 0 Å². The quantitative estimate of drug-likeness (QED) is 0.241. The normalized spacial score (nSPS) is 10.7. The third-order valence-electron chi connectivity index (χ3n) is 4.44. The maximum Gasteiger partial charge on any atom is 0.191 e. The fourth-order valence-corrected chi connectivity index (χ4v) is 2.87. The fourth-order valence-electron chi connectivity index (χ4n) is 2.87. The average molecular weight is 532 g/mol. The lowest BCUT2D eigenvalue weighted by Crippen LogP contribution is -2.36. The first-order valence-electron chi connectivity index (χ1n) is 10.0. The first-order chi connectivity index (χ1) is 14.8. The third kappa shape index (κ3) is 8.09. The maximum absolute atomic E-state index is 5.79. The zero-order chi connectivity index (χ0) is 21.0. The second kappa shape index (κ2) is 13.5. The number of rotatable bonds is 9. The molecule has 0 saturated carbocycles. The molecule has 6 nitrogen and oxygen atoms in total. The molecule has 164 valence electrons. The Bertz CT molecular complexity index is 934. The van der Waals surface area contributed by atoms with Gasteiger partial charge in [-0.05, 0) is 42.8 Å². The van der Waals surface area contributed by atoms with Gasteiger partial charge in [-0.25, -0.2) is 4.99 Å². The molecule has 0 aliphatic rings. The molecule has 31 heavy (non-hydrogen) atoms. The zero-order valence-corrected chi connectivity index (χ0v) is 20.2. The molecular formula is C24H29IN4O2. The molecule has 3 aromatic rings. The molecule has 7 heteroatoms. The summed E-state index contributed by atoms with van der Waals surface area (Å²) >= 11 is 0. The molecular weight excluding hydrogens is 503 g/mol. The lowest BCUT2D eigenvalue weighted by molar-refractivity contribution is 0.301. The molecule has 0 aliphatic heterocycles. The van der Waals surface area contributed by atoms with Crippen LogP contribution < -0.4 is 20.1 Å². The molecule has 0 saturated heterocycles. The van der Waals surface area contributed by atoms with E-state index in [1.165, 1.54) is 0 Å². The number of aliphatic imine (C=N–C) groups is 1. The highest BCUT2D eigenvalue weighted by Gasteiger charge is 2.04.